The van der Waals surface area contributed by atoms with Crippen molar-refractivity contribution in [2.75, 3.05) is 0 Å². The number of benzene rings is 5. The Kier molecular flexibility index (Phi) is 3.85. The molecule has 0 aliphatic carbocycles. The Morgan fingerprint density at radius 3 is 2.18 bits per heavy atom. The fourth-order valence-electron chi connectivity index (χ4n) is 5.20. The van der Waals surface area contributed by atoms with Gasteiger partial charge in [0.1, 0.15) is 0 Å². The van der Waals surface area contributed by atoms with E-state index in [4.69, 9.17) is 0 Å². The normalized spacial score (nSPS) is 11.9. The highest BCUT2D eigenvalue weighted by atomic mass is 32.1. The van der Waals surface area contributed by atoms with Crippen LogP contribution >= 0.6 is 11.3 Å². The molecule has 0 radical (unpaired) electrons. The van der Waals surface area contributed by atoms with Crippen LogP contribution in [0.25, 0.3) is 64.0 Å². The largest absolute Gasteiger partial charge is 0.309 e. The van der Waals surface area contributed by atoms with E-state index in [9.17, 15) is 0 Å². The lowest BCUT2D eigenvalue weighted by molar-refractivity contribution is 1.18. The second-order valence-corrected chi connectivity index (χ2v) is 9.83. The highest BCUT2D eigenvalue weighted by molar-refractivity contribution is 7.26. The number of para-hydroxylation sites is 1. The lowest BCUT2D eigenvalue weighted by atomic mass is 10.0. The molecule has 0 unspecified atom stereocenters. The molecule has 33 heavy (non-hydrogen) atoms. The maximum Gasteiger partial charge on any atom is 0.0633 e. The zero-order valence-corrected chi connectivity index (χ0v) is 19.1. The summed E-state index contributed by atoms with van der Waals surface area (Å²) in [5.41, 5.74) is 5.96. The molecule has 1 nitrogen and oxygen atoms in total. The van der Waals surface area contributed by atoms with Gasteiger partial charge >= 0.3 is 0 Å². The number of rotatable bonds is 2. The first kappa shape index (κ1) is 18.7. The van der Waals surface area contributed by atoms with Crippen LogP contribution in [0.3, 0.4) is 0 Å². The molecule has 0 fully saturated rings. The van der Waals surface area contributed by atoms with Crippen LogP contribution in [-0.4, -0.2) is 4.57 Å². The van der Waals surface area contributed by atoms with Gasteiger partial charge in [0.05, 0.1) is 11.0 Å². The Bertz CT molecular complexity index is 1870. The van der Waals surface area contributed by atoms with Gasteiger partial charge in [-0.1, -0.05) is 84.9 Å². The van der Waals surface area contributed by atoms with Crippen molar-refractivity contribution in [2.45, 2.75) is 6.92 Å². The average molecular weight is 440 g/mol. The number of hydrogen-bond acceptors (Lipinski definition) is 1. The molecule has 2 aromatic heterocycles. The molecule has 0 aliphatic rings. The third-order valence-electron chi connectivity index (χ3n) is 6.78. The summed E-state index contributed by atoms with van der Waals surface area (Å²) in [5, 5.41) is 7.88. The second-order valence-electron chi connectivity index (χ2n) is 8.78. The van der Waals surface area contributed by atoms with Gasteiger partial charge < -0.3 is 4.57 Å². The van der Waals surface area contributed by atoms with Crippen LogP contribution in [0.15, 0.2) is 104 Å². The van der Waals surface area contributed by atoms with Crippen molar-refractivity contribution in [3.63, 3.8) is 0 Å². The summed E-state index contributed by atoms with van der Waals surface area (Å²) in [6, 6.07) is 35.4. The maximum absolute atomic E-state index is 4.11. The van der Waals surface area contributed by atoms with Crippen LogP contribution < -0.4 is 0 Å². The summed E-state index contributed by atoms with van der Waals surface area (Å²) in [4.78, 5) is 0. The van der Waals surface area contributed by atoms with Crippen molar-refractivity contribution in [1.82, 2.24) is 4.57 Å². The number of thiophene rings is 1. The molecule has 0 spiro atoms. The SMILES string of the molecule is C=C(C)c1ccc(-n2c3ccccc3c3ccc4ccc5c6ccccc6sc5c4c32)cc1. The summed E-state index contributed by atoms with van der Waals surface area (Å²) in [6.07, 6.45) is 0. The Morgan fingerprint density at radius 2 is 1.39 bits per heavy atom. The highest BCUT2D eigenvalue weighted by Gasteiger charge is 2.18. The number of fused-ring (bicyclic) bond motifs is 9. The molecular formula is C31H21NS. The molecule has 0 bridgehead atoms. The summed E-state index contributed by atoms with van der Waals surface area (Å²) < 4.78 is 5.14. The molecule has 2 heteroatoms. The van der Waals surface area contributed by atoms with Gasteiger partial charge in [0, 0.05) is 42.0 Å². The molecule has 5 aromatic carbocycles. The topological polar surface area (TPSA) is 4.93 Å². The Balaban J connectivity index is 1.71. The first-order valence-corrected chi connectivity index (χ1v) is 12.0. The predicted octanol–water partition coefficient (Wildman–Crippen LogP) is 9.34. The van der Waals surface area contributed by atoms with Crippen LogP contribution in [0.5, 0.6) is 0 Å². The van der Waals surface area contributed by atoms with Crippen molar-refractivity contribution in [3.05, 3.63) is 109 Å². The van der Waals surface area contributed by atoms with E-state index >= 15 is 0 Å². The molecule has 7 aromatic rings. The lowest BCUT2D eigenvalue weighted by Gasteiger charge is -2.11. The molecular weight excluding hydrogens is 418 g/mol. The fourth-order valence-corrected chi connectivity index (χ4v) is 6.46. The van der Waals surface area contributed by atoms with E-state index in [2.05, 4.69) is 115 Å². The minimum Gasteiger partial charge on any atom is -0.309 e. The molecule has 0 atom stereocenters. The Hall–Kier alpha value is -3.88. The van der Waals surface area contributed by atoms with Gasteiger partial charge in [0.15, 0.2) is 0 Å². The molecule has 0 N–H and O–H groups in total. The number of hydrogen-bond donors (Lipinski definition) is 0. The minimum absolute atomic E-state index is 1.08. The van der Waals surface area contributed by atoms with E-state index in [0.29, 0.717) is 0 Å². The first-order valence-electron chi connectivity index (χ1n) is 11.2. The second kappa shape index (κ2) is 6.81. The predicted molar refractivity (Wildman–Crippen MR) is 146 cm³/mol. The minimum atomic E-state index is 1.08. The van der Waals surface area contributed by atoms with Crippen molar-refractivity contribution < 1.29 is 0 Å². The monoisotopic (exact) mass is 439 g/mol. The van der Waals surface area contributed by atoms with E-state index in [-0.39, 0.29) is 0 Å². The molecule has 0 aliphatic heterocycles. The number of nitrogens with zero attached hydrogens (tertiary/aromatic N) is 1. The van der Waals surface area contributed by atoms with Crippen LogP contribution in [0, 0.1) is 0 Å². The van der Waals surface area contributed by atoms with Gasteiger partial charge in [-0.15, -0.1) is 11.3 Å². The smallest absolute Gasteiger partial charge is 0.0633 e. The van der Waals surface area contributed by atoms with E-state index in [0.717, 1.165) is 5.57 Å². The average Bonchev–Trinajstić information content (AvgIpc) is 3.40. The summed E-state index contributed by atoms with van der Waals surface area (Å²) in [7, 11) is 0. The summed E-state index contributed by atoms with van der Waals surface area (Å²) in [5.74, 6) is 0. The van der Waals surface area contributed by atoms with Crippen LogP contribution in [0.4, 0.5) is 0 Å². The first-order chi connectivity index (χ1) is 16.2. The molecule has 0 saturated carbocycles. The standard InChI is InChI=1S/C31H21NS/c1-19(2)20-11-15-22(16-12-20)32-27-9-5-3-7-23(27)25-17-13-21-14-18-26-24-8-4-6-10-28(24)33-31(26)29(21)30(25)32/h3-18H,1H2,2H3. The van der Waals surface area contributed by atoms with Gasteiger partial charge in [0.25, 0.3) is 0 Å². The van der Waals surface area contributed by atoms with E-state index in [1.54, 1.807) is 0 Å². The molecule has 0 amide bonds. The van der Waals surface area contributed by atoms with E-state index < -0.39 is 0 Å². The molecule has 156 valence electrons. The Labute approximate surface area is 195 Å². The Morgan fingerprint density at radius 1 is 0.697 bits per heavy atom. The van der Waals surface area contributed by atoms with Crippen molar-refractivity contribution >= 4 is 69.7 Å². The zero-order valence-electron chi connectivity index (χ0n) is 18.3. The van der Waals surface area contributed by atoms with Crippen LogP contribution in [0.1, 0.15) is 12.5 Å². The van der Waals surface area contributed by atoms with Gasteiger partial charge in [-0.25, -0.2) is 0 Å². The summed E-state index contributed by atoms with van der Waals surface area (Å²) >= 11 is 1.90. The van der Waals surface area contributed by atoms with Crippen LogP contribution in [0.2, 0.25) is 0 Å². The van der Waals surface area contributed by atoms with Crippen molar-refractivity contribution in [1.29, 1.82) is 0 Å². The number of allylic oxidation sites excluding steroid dienone is 1. The van der Waals surface area contributed by atoms with E-state index in [1.165, 1.54) is 64.0 Å². The van der Waals surface area contributed by atoms with Gasteiger partial charge in [-0.3, -0.25) is 0 Å². The lowest BCUT2D eigenvalue weighted by Crippen LogP contribution is -1.95. The third-order valence-corrected chi connectivity index (χ3v) is 7.98. The quantitative estimate of drug-likeness (QED) is 0.253. The van der Waals surface area contributed by atoms with E-state index in [1.807, 2.05) is 11.3 Å². The maximum atomic E-state index is 4.11. The third kappa shape index (κ3) is 2.59. The van der Waals surface area contributed by atoms with Crippen molar-refractivity contribution in [3.8, 4) is 5.69 Å². The zero-order chi connectivity index (χ0) is 22.1. The van der Waals surface area contributed by atoms with Crippen molar-refractivity contribution in [2.24, 2.45) is 0 Å². The molecule has 7 rings (SSSR count). The highest BCUT2D eigenvalue weighted by Crippen LogP contribution is 2.44. The molecule has 2 heterocycles. The van der Waals surface area contributed by atoms with Gasteiger partial charge in [-0.2, -0.15) is 0 Å². The number of aromatic nitrogens is 1. The van der Waals surface area contributed by atoms with Crippen LogP contribution in [-0.2, 0) is 0 Å². The fraction of sp³-hybridized carbons (Fsp3) is 0.0323. The molecule has 0 saturated heterocycles. The summed E-state index contributed by atoms with van der Waals surface area (Å²) in [6.45, 7) is 6.16. The van der Waals surface area contributed by atoms with Gasteiger partial charge in [0.2, 0.25) is 0 Å². The van der Waals surface area contributed by atoms with Gasteiger partial charge in [-0.05, 0) is 42.1 Å².